The fourth-order valence-corrected chi connectivity index (χ4v) is 2.65. The zero-order valence-corrected chi connectivity index (χ0v) is 11.3. The highest BCUT2D eigenvalue weighted by Crippen LogP contribution is 2.29. The maximum Gasteiger partial charge on any atom is 0.165 e. The summed E-state index contributed by atoms with van der Waals surface area (Å²) in [5, 5.41) is 0. The molecule has 3 heteroatoms. The van der Waals surface area contributed by atoms with Crippen LogP contribution in [0, 0.1) is 5.82 Å². The van der Waals surface area contributed by atoms with Crippen molar-refractivity contribution in [3.8, 4) is 5.75 Å². The second kappa shape index (κ2) is 6.19. The lowest BCUT2D eigenvalue weighted by Gasteiger charge is -2.34. The summed E-state index contributed by atoms with van der Waals surface area (Å²) in [6.07, 6.45) is 3.19. The van der Waals surface area contributed by atoms with Gasteiger partial charge in [0.2, 0.25) is 0 Å². The van der Waals surface area contributed by atoms with Gasteiger partial charge in [0.25, 0.3) is 0 Å². The molecule has 0 N–H and O–H groups in total. The fraction of sp³-hybridized carbons (Fsp3) is 0.600. The summed E-state index contributed by atoms with van der Waals surface area (Å²) >= 11 is 0. The number of para-hydroxylation sites is 1. The first-order valence-electron chi connectivity index (χ1n) is 6.90. The van der Waals surface area contributed by atoms with Crippen molar-refractivity contribution in [1.29, 1.82) is 0 Å². The zero-order valence-electron chi connectivity index (χ0n) is 11.3. The predicted molar refractivity (Wildman–Crippen MR) is 71.5 cm³/mol. The normalized spacial score (nSPS) is 18.6. The summed E-state index contributed by atoms with van der Waals surface area (Å²) in [5.74, 6) is 0.227. The number of rotatable bonds is 5. The third-order valence-corrected chi connectivity index (χ3v) is 3.46. The summed E-state index contributed by atoms with van der Waals surface area (Å²) in [6, 6.07) is 5.60. The van der Waals surface area contributed by atoms with Gasteiger partial charge in [-0.1, -0.05) is 26.0 Å². The smallest absolute Gasteiger partial charge is 0.165 e. The van der Waals surface area contributed by atoms with Crippen LogP contribution in [0.1, 0.15) is 32.3 Å². The van der Waals surface area contributed by atoms with Crippen LogP contribution in [0.3, 0.4) is 0 Å². The maximum absolute atomic E-state index is 13.6. The van der Waals surface area contributed by atoms with Crippen molar-refractivity contribution in [2.45, 2.75) is 39.2 Å². The lowest BCUT2D eigenvalue weighted by molar-refractivity contribution is 0.116. The van der Waals surface area contributed by atoms with E-state index in [4.69, 9.17) is 4.74 Å². The lowest BCUT2D eigenvalue weighted by atomic mass is 10.0. The molecule has 1 aliphatic heterocycles. The van der Waals surface area contributed by atoms with Gasteiger partial charge < -0.3 is 4.74 Å². The molecule has 0 amide bonds. The van der Waals surface area contributed by atoms with Crippen LogP contribution in [0.4, 0.5) is 4.39 Å². The second-order valence-corrected chi connectivity index (χ2v) is 4.93. The van der Waals surface area contributed by atoms with Crippen LogP contribution >= 0.6 is 0 Å². The standard InChI is InChI=1S/C15H22FNO/c1-3-8-17(9-4-2)13-10-12-6-5-7-14(16)15(12)18-11-13/h5-7,13H,3-4,8-11H2,1-2H3. The molecule has 1 aromatic carbocycles. The Hall–Kier alpha value is -1.09. The minimum absolute atomic E-state index is 0.233. The maximum atomic E-state index is 13.6. The van der Waals surface area contributed by atoms with Crippen molar-refractivity contribution in [1.82, 2.24) is 4.90 Å². The van der Waals surface area contributed by atoms with E-state index >= 15 is 0 Å². The van der Waals surface area contributed by atoms with Crippen LogP contribution < -0.4 is 4.74 Å². The Balaban J connectivity index is 2.10. The van der Waals surface area contributed by atoms with Crippen molar-refractivity contribution < 1.29 is 9.13 Å². The molecule has 0 spiro atoms. The van der Waals surface area contributed by atoms with Gasteiger partial charge in [-0.3, -0.25) is 4.90 Å². The molecule has 1 unspecified atom stereocenters. The molecule has 100 valence electrons. The molecule has 0 bridgehead atoms. The van der Waals surface area contributed by atoms with E-state index in [2.05, 4.69) is 18.7 Å². The van der Waals surface area contributed by atoms with Gasteiger partial charge in [0, 0.05) is 6.04 Å². The molecule has 0 aliphatic carbocycles. The van der Waals surface area contributed by atoms with Crippen LogP contribution in [0.15, 0.2) is 18.2 Å². The number of nitrogens with zero attached hydrogens (tertiary/aromatic N) is 1. The molecule has 0 radical (unpaired) electrons. The largest absolute Gasteiger partial charge is 0.489 e. The molecule has 0 saturated carbocycles. The Morgan fingerprint density at radius 1 is 1.28 bits per heavy atom. The average molecular weight is 251 g/mol. The molecular weight excluding hydrogens is 229 g/mol. The third-order valence-electron chi connectivity index (χ3n) is 3.46. The summed E-state index contributed by atoms with van der Waals surface area (Å²) in [5.41, 5.74) is 1.00. The Labute approximate surface area is 109 Å². The van der Waals surface area contributed by atoms with Crippen molar-refractivity contribution in [3.05, 3.63) is 29.6 Å². The zero-order chi connectivity index (χ0) is 13.0. The van der Waals surface area contributed by atoms with Gasteiger partial charge in [0.1, 0.15) is 6.61 Å². The summed E-state index contributed by atoms with van der Waals surface area (Å²) in [4.78, 5) is 2.47. The molecule has 0 fully saturated rings. The van der Waals surface area contributed by atoms with Gasteiger partial charge >= 0.3 is 0 Å². The van der Waals surface area contributed by atoms with E-state index in [1.165, 1.54) is 6.07 Å². The van der Waals surface area contributed by atoms with E-state index in [9.17, 15) is 4.39 Å². The molecule has 0 aromatic heterocycles. The first-order valence-corrected chi connectivity index (χ1v) is 6.90. The predicted octanol–water partition coefficient (Wildman–Crippen LogP) is 3.25. The molecule has 2 nitrogen and oxygen atoms in total. The Bertz CT molecular complexity index is 388. The molecule has 1 atom stereocenters. The van der Waals surface area contributed by atoms with Crippen molar-refractivity contribution in [3.63, 3.8) is 0 Å². The number of hydrogen-bond acceptors (Lipinski definition) is 2. The van der Waals surface area contributed by atoms with E-state index in [1.54, 1.807) is 6.07 Å². The third kappa shape index (κ3) is 2.83. The topological polar surface area (TPSA) is 12.5 Å². The second-order valence-electron chi connectivity index (χ2n) is 4.93. The first-order chi connectivity index (χ1) is 8.76. The quantitative estimate of drug-likeness (QED) is 0.796. The van der Waals surface area contributed by atoms with Crippen LogP contribution in [0.2, 0.25) is 0 Å². The molecular formula is C15H22FNO. The van der Waals surface area contributed by atoms with Crippen LogP contribution in [0.5, 0.6) is 5.75 Å². The number of halogens is 1. The van der Waals surface area contributed by atoms with Crippen LogP contribution in [-0.2, 0) is 6.42 Å². The number of benzene rings is 1. The molecule has 1 aliphatic rings. The van der Waals surface area contributed by atoms with Crippen LogP contribution in [-0.4, -0.2) is 30.6 Å². The van der Waals surface area contributed by atoms with Gasteiger partial charge in [-0.2, -0.15) is 0 Å². The molecule has 2 rings (SSSR count). The van der Waals surface area contributed by atoms with E-state index in [0.29, 0.717) is 18.4 Å². The summed E-state index contributed by atoms with van der Waals surface area (Å²) in [6.45, 7) is 7.17. The highest BCUT2D eigenvalue weighted by molar-refractivity contribution is 5.37. The van der Waals surface area contributed by atoms with Gasteiger partial charge in [0.05, 0.1) is 0 Å². The monoisotopic (exact) mass is 251 g/mol. The number of ether oxygens (including phenoxy) is 1. The van der Waals surface area contributed by atoms with Gasteiger partial charge in [0.15, 0.2) is 11.6 Å². The van der Waals surface area contributed by atoms with Crippen molar-refractivity contribution in [2.75, 3.05) is 19.7 Å². The number of hydrogen-bond donors (Lipinski definition) is 0. The van der Waals surface area contributed by atoms with E-state index in [0.717, 1.165) is 37.9 Å². The average Bonchev–Trinajstić information content (AvgIpc) is 2.38. The Kier molecular flexibility index (Phi) is 4.59. The Morgan fingerprint density at radius 2 is 2.00 bits per heavy atom. The number of fused-ring (bicyclic) bond motifs is 1. The Morgan fingerprint density at radius 3 is 2.67 bits per heavy atom. The highest BCUT2D eigenvalue weighted by atomic mass is 19.1. The highest BCUT2D eigenvalue weighted by Gasteiger charge is 2.26. The molecule has 1 heterocycles. The minimum Gasteiger partial charge on any atom is -0.489 e. The molecule has 1 aromatic rings. The molecule has 0 saturated heterocycles. The van der Waals surface area contributed by atoms with E-state index in [-0.39, 0.29) is 5.82 Å². The minimum atomic E-state index is -0.233. The van der Waals surface area contributed by atoms with Gasteiger partial charge in [-0.25, -0.2) is 4.39 Å². The first kappa shape index (κ1) is 13.3. The summed E-state index contributed by atoms with van der Waals surface area (Å²) in [7, 11) is 0. The lowest BCUT2D eigenvalue weighted by Crippen LogP contribution is -2.44. The van der Waals surface area contributed by atoms with Gasteiger partial charge in [-0.15, -0.1) is 0 Å². The van der Waals surface area contributed by atoms with Crippen molar-refractivity contribution >= 4 is 0 Å². The summed E-state index contributed by atoms with van der Waals surface area (Å²) < 4.78 is 19.2. The van der Waals surface area contributed by atoms with E-state index < -0.39 is 0 Å². The van der Waals surface area contributed by atoms with Crippen molar-refractivity contribution in [2.24, 2.45) is 0 Å². The fourth-order valence-electron chi connectivity index (χ4n) is 2.65. The van der Waals surface area contributed by atoms with Gasteiger partial charge in [-0.05, 0) is 44.0 Å². The SMILES string of the molecule is CCCN(CCC)C1COc2c(F)cccc2C1. The van der Waals surface area contributed by atoms with E-state index in [1.807, 2.05) is 6.07 Å². The van der Waals surface area contributed by atoms with Crippen LogP contribution in [0.25, 0.3) is 0 Å². The molecule has 18 heavy (non-hydrogen) atoms.